The molecule has 13 heteroatoms. The van der Waals surface area contributed by atoms with Crippen LogP contribution in [-0.2, 0) is 31.5 Å². The van der Waals surface area contributed by atoms with Crippen molar-refractivity contribution in [2.75, 3.05) is 26.3 Å². The van der Waals surface area contributed by atoms with Crippen LogP contribution in [0.1, 0.15) is 57.7 Å². The fraction of sp³-hybridized carbons (Fsp3) is 0.324. The van der Waals surface area contributed by atoms with E-state index in [-0.39, 0.29) is 47.1 Å². The van der Waals surface area contributed by atoms with E-state index in [4.69, 9.17) is 14.1 Å². The summed E-state index contributed by atoms with van der Waals surface area (Å²) < 4.78 is 39.9. The molecular formula is C34H34N4O7S2. The lowest BCUT2D eigenvalue weighted by atomic mass is 10.0. The second-order valence-electron chi connectivity index (χ2n) is 11.5. The zero-order valence-corrected chi connectivity index (χ0v) is 27.4. The molecule has 5 aromatic rings. The second-order valence-corrected chi connectivity index (χ2v) is 14.7. The number of carbonyl (C=O) groups is 2. The minimum Gasteiger partial charge on any atom is -0.423 e. The Morgan fingerprint density at radius 3 is 2.43 bits per heavy atom. The zero-order valence-electron chi connectivity index (χ0n) is 25.7. The van der Waals surface area contributed by atoms with Crippen LogP contribution in [0, 0.1) is 0 Å². The Bertz CT molecular complexity index is 1970. The van der Waals surface area contributed by atoms with E-state index in [1.54, 1.807) is 36.1 Å². The number of fused-ring (bicyclic) bond motifs is 1. The number of nitrogens with zero attached hydrogens (tertiary/aromatic N) is 4. The maximum atomic E-state index is 14.0. The van der Waals surface area contributed by atoms with Gasteiger partial charge < -0.3 is 19.2 Å². The molecule has 6 rings (SSSR count). The fourth-order valence-corrected chi connectivity index (χ4v) is 8.51. The number of sulfone groups is 1. The fourth-order valence-electron chi connectivity index (χ4n) is 5.36. The topological polar surface area (TPSA) is 153 Å². The average molecular weight is 675 g/mol. The maximum Gasteiger partial charge on any atom is 0.254 e. The molecule has 0 aliphatic carbocycles. The van der Waals surface area contributed by atoms with Gasteiger partial charge >= 0.3 is 0 Å². The largest absolute Gasteiger partial charge is 0.423 e. The first kappa shape index (κ1) is 32.6. The monoisotopic (exact) mass is 674 g/mol. The number of hydrogen-bond donors (Lipinski definition) is 1. The third-order valence-electron chi connectivity index (χ3n) is 7.86. The van der Waals surface area contributed by atoms with Gasteiger partial charge in [-0.25, -0.2) is 13.4 Å². The summed E-state index contributed by atoms with van der Waals surface area (Å²) in [4.78, 5) is 31.8. The first-order chi connectivity index (χ1) is 22.7. The lowest BCUT2D eigenvalue weighted by Gasteiger charge is -2.26. The molecule has 3 heterocycles. The SMILES string of the molecule is CC(O)CCC(=O)Cc1nnc(C(c2nc3ccc(-c4ccc(C(=O)N5CCOCC5)cc4)cc3s2)S(=O)(=O)Cc2ccccc2)o1. The van der Waals surface area contributed by atoms with E-state index >= 15 is 0 Å². The average Bonchev–Trinajstić information content (AvgIpc) is 3.70. The Kier molecular flexibility index (Phi) is 9.87. The van der Waals surface area contributed by atoms with Gasteiger partial charge in [0.1, 0.15) is 10.8 Å². The van der Waals surface area contributed by atoms with Gasteiger partial charge in [-0.05, 0) is 54.3 Å². The molecule has 0 saturated carbocycles. The summed E-state index contributed by atoms with van der Waals surface area (Å²) in [5.41, 5.74) is 3.60. The van der Waals surface area contributed by atoms with Gasteiger partial charge in [0.25, 0.3) is 5.91 Å². The Labute approximate surface area is 276 Å². The van der Waals surface area contributed by atoms with Gasteiger partial charge in [-0.1, -0.05) is 48.5 Å². The molecule has 2 aromatic heterocycles. The first-order valence-corrected chi connectivity index (χ1v) is 17.8. The van der Waals surface area contributed by atoms with Crippen molar-refractivity contribution < 1.29 is 32.3 Å². The van der Waals surface area contributed by atoms with Crippen molar-refractivity contribution in [2.24, 2.45) is 0 Å². The maximum absolute atomic E-state index is 14.0. The number of aromatic nitrogens is 3. The van der Waals surface area contributed by atoms with Gasteiger partial charge in [-0.15, -0.1) is 21.5 Å². The van der Waals surface area contributed by atoms with Crippen LogP contribution in [0.2, 0.25) is 0 Å². The Morgan fingerprint density at radius 2 is 1.70 bits per heavy atom. The molecule has 1 fully saturated rings. The molecule has 0 spiro atoms. The van der Waals surface area contributed by atoms with Gasteiger partial charge in [0, 0.05) is 25.1 Å². The van der Waals surface area contributed by atoms with Crippen LogP contribution in [0.25, 0.3) is 21.3 Å². The molecule has 1 aliphatic heterocycles. The van der Waals surface area contributed by atoms with Crippen LogP contribution in [-0.4, -0.2) is 77.7 Å². The summed E-state index contributed by atoms with van der Waals surface area (Å²) in [6.45, 7) is 3.81. The molecule has 2 atom stereocenters. The molecule has 1 amide bonds. The van der Waals surface area contributed by atoms with Crippen LogP contribution in [0.5, 0.6) is 0 Å². The molecule has 3 aromatic carbocycles. The predicted molar refractivity (Wildman–Crippen MR) is 177 cm³/mol. The summed E-state index contributed by atoms with van der Waals surface area (Å²) in [5, 5.41) is 16.5. The third-order valence-corrected chi connectivity index (χ3v) is 11.0. The van der Waals surface area contributed by atoms with Crippen LogP contribution >= 0.6 is 11.3 Å². The zero-order chi connectivity index (χ0) is 33.0. The number of thiazole rings is 1. The predicted octanol–water partition coefficient (Wildman–Crippen LogP) is 4.80. The van der Waals surface area contributed by atoms with Crippen molar-refractivity contribution in [2.45, 2.75) is 43.3 Å². The van der Waals surface area contributed by atoms with Crippen molar-refractivity contribution in [3.05, 3.63) is 101 Å². The van der Waals surface area contributed by atoms with Crippen molar-refractivity contribution in [1.29, 1.82) is 0 Å². The number of benzene rings is 3. The molecule has 0 radical (unpaired) electrons. The minimum atomic E-state index is -3.96. The van der Waals surface area contributed by atoms with Crippen molar-refractivity contribution >= 4 is 43.1 Å². The minimum absolute atomic E-state index is 0.00875. The highest BCUT2D eigenvalue weighted by atomic mass is 32.2. The summed E-state index contributed by atoms with van der Waals surface area (Å²) in [5.74, 6) is -0.650. The number of hydrogen-bond acceptors (Lipinski definition) is 11. The molecule has 244 valence electrons. The molecule has 1 N–H and O–H groups in total. The second kappa shape index (κ2) is 14.2. The first-order valence-electron chi connectivity index (χ1n) is 15.3. The molecule has 1 aliphatic rings. The van der Waals surface area contributed by atoms with Gasteiger partial charge in [-0.3, -0.25) is 9.59 Å². The normalized spacial score (nSPS) is 15.1. The highest BCUT2D eigenvalue weighted by Gasteiger charge is 2.37. The Hall–Kier alpha value is -4.30. The summed E-state index contributed by atoms with van der Waals surface area (Å²) in [6, 6.07) is 21.9. The number of rotatable bonds is 12. The smallest absolute Gasteiger partial charge is 0.254 e. The lowest BCUT2D eigenvalue weighted by molar-refractivity contribution is -0.119. The summed E-state index contributed by atoms with van der Waals surface area (Å²) in [7, 11) is -3.96. The van der Waals surface area contributed by atoms with Crippen LogP contribution in [0.15, 0.2) is 77.2 Å². The van der Waals surface area contributed by atoms with Crippen molar-refractivity contribution in [3.63, 3.8) is 0 Å². The number of ether oxygens (including phenoxy) is 1. The van der Waals surface area contributed by atoms with E-state index in [9.17, 15) is 23.1 Å². The van der Waals surface area contributed by atoms with Crippen LogP contribution < -0.4 is 0 Å². The number of morpholine rings is 1. The van der Waals surface area contributed by atoms with Gasteiger partial charge in [0.05, 0.1) is 41.7 Å². The lowest BCUT2D eigenvalue weighted by Crippen LogP contribution is -2.40. The summed E-state index contributed by atoms with van der Waals surface area (Å²) >= 11 is 1.22. The molecular weight excluding hydrogens is 641 g/mol. The molecule has 47 heavy (non-hydrogen) atoms. The van der Waals surface area contributed by atoms with E-state index in [1.807, 2.05) is 48.5 Å². The van der Waals surface area contributed by atoms with Crippen molar-refractivity contribution in [3.8, 4) is 11.1 Å². The quantitative estimate of drug-likeness (QED) is 0.195. The van der Waals surface area contributed by atoms with Gasteiger partial charge in [0.15, 0.2) is 15.1 Å². The Morgan fingerprint density at radius 1 is 0.979 bits per heavy atom. The highest BCUT2D eigenvalue weighted by molar-refractivity contribution is 7.91. The van der Waals surface area contributed by atoms with Gasteiger partial charge in [0.2, 0.25) is 11.8 Å². The van der Waals surface area contributed by atoms with E-state index in [0.29, 0.717) is 49.4 Å². The standard InChI is InChI=1S/C34H34N4O7S2/c1-22(39)7-13-27(40)20-30-36-37-32(45-30)31(47(42,43)21-23-5-3-2-4-6-23)33-35-28-14-12-26(19-29(28)46-33)24-8-10-25(11-9-24)34(41)38-15-17-44-18-16-38/h2-6,8-12,14,19,22,31,39H,7,13,15-18,20-21H2,1H3. The molecule has 1 saturated heterocycles. The number of carbonyl (C=O) groups excluding carboxylic acids is 2. The number of amides is 1. The van der Waals surface area contributed by atoms with E-state index in [1.165, 1.54) is 11.3 Å². The highest BCUT2D eigenvalue weighted by Crippen LogP contribution is 2.38. The van der Waals surface area contributed by atoms with E-state index in [2.05, 4.69) is 10.2 Å². The number of aliphatic hydroxyl groups is 1. The van der Waals surface area contributed by atoms with E-state index < -0.39 is 21.2 Å². The third kappa shape index (κ3) is 7.82. The van der Waals surface area contributed by atoms with Crippen LogP contribution in [0.3, 0.4) is 0 Å². The number of Topliss-reactive ketones (excluding diaryl/α,β-unsaturated/α-hetero) is 1. The number of ketones is 1. The summed E-state index contributed by atoms with van der Waals surface area (Å²) in [6.07, 6.45) is -0.338. The van der Waals surface area contributed by atoms with Crippen LogP contribution in [0.4, 0.5) is 0 Å². The van der Waals surface area contributed by atoms with Crippen molar-refractivity contribution in [1.82, 2.24) is 20.1 Å². The number of aliphatic hydroxyl groups excluding tert-OH is 1. The molecule has 2 unspecified atom stereocenters. The molecule has 0 bridgehead atoms. The Balaban J connectivity index is 1.29. The van der Waals surface area contributed by atoms with E-state index in [0.717, 1.165) is 15.8 Å². The molecule has 11 nitrogen and oxygen atoms in total. The van der Waals surface area contributed by atoms with Gasteiger partial charge in [-0.2, -0.15) is 0 Å².